The van der Waals surface area contributed by atoms with Crippen LogP contribution in [-0.4, -0.2) is 24.2 Å². The first kappa shape index (κ1) is 13.3. The van der Waals surface area contributed by atoms with Crippen molar-refractivity contribution < 1.29 is 9.47 Å². The van der Waals surface area contributed by atoms with E-state index in [2.05, 4.69) is 15.3 Å². The smallest absolute Gasteiger partial charge is 0.201 e. The Balaban J connectivity index is 1.79. The number of aromatic nitrogens is 2. The molecule has 0 aliphatic heterocycles. The highest BCUT2D eigenvalue weighted by molar-refractivity contribution is 5.79. The zero-order valence-electron chi connectivity index (χ0n) is 12.0. The maximum Gasteiger partial charge on any atom is 0.201 e. The van der Waals surface area contributed by atoms with E-state index in [4.69, 9.17) is 9.47 Å². The third-order valence-corrected chi connectivity index (χ3v) is 3.33. The van der Waals surface area contributed by atoms with Gasteiger partial charge in [0.15, 0.2) is 0 Å². The molecule has 1 aromatic heterocycles. The number of nitrogens with one attached hydrogen (secondary N) is 2. The first-order chi connectivity index (χ1) is 10.3. The van der Waals surface area contributed by atoms with E-state index >= 15 is 0 Å². The van der Waals surface area contributed by atoms with Crippen LogP contribution in [0.2, 0.25) is 0 Å². The van der Waals surface area contributed by atoms with Gasteiger partial charge in [0, 0.05) is 18.2 Å². The maximum atomic E-state index is 5.34. The van der Waals surface area contributed by atoms with Crippen LogP contribution < -0.4 is 14.8 Å². The summed E-state index contributed by atoms with van der Waals surface area (Å²) >= 11 is 0. The molecule has 0 amide bonds. The van der Waals surface area contributed by atoms with Crippen molar-refractivity contribution in [3.05, 3.63) is 48.0 Å². The molecule has 0 bridgehead atoms. The summed E-state index contributed by atoms with van der Waals surface area (Å²) < 4.78 is 10.5. The summed E-state index contributed by atoms with van der Waals surface area (Å²) in [5, 5.41) is 3.28. The van der Waals surface area contributed by atoms with Crippen LogP contribution in [0.25, 0.3) is 11.0 Å². The molecule has 0 unspecified atom stereocenters. The summed E-state index contributed by atoms with van der Waals surface area (Å²) in [6.07, 6.45) is 0. The molecule has 0 atom stereocenters. The monoisotopic (exact) mass is 283 g/mol. The summed E-state index contributed by atoms with van der Waals surface area (Å²) in [5.74, 6) is 2.40. The molecule has 0 saturated heterocycles. The molecule has 0 aliphatic carbocycles. The summed E-state index contributed by atoms with van der Waals surface area (Å²) in [4.78, 5) is 7.73. The van der Waals surface area contributed by atoms with E-state index in [1.807, 2.05) is 42.5 Å². The molecule has 2 aromatic carbocycles. The molecule has 108 valence electrons. The van der Waals surface area contributed by atoms with Gasteiger partial charge in [-0.05, 0) is 18.2 Å². The number of methoxy groups -OCH3 is 2. The van der Waals surface area contributed by atoms with Crippen molar-refractivity contribution >= 4 is 17.0 Å². The third-order valence-electron chi connectivity index (χ3n) is 3.33. The lowest BCUT2D eigenvalue weighted by Gasteiger charge is -2.08. The number of rotatable bonds is 5. The molecule has 0 fully saturated rings. The zero-order chi connectivity index (χ0) is 14.7. The highest BCUT2D eigenvalue weighted by atomic mass is 16.5. The lowest BCUT2D eigenvalue weighted by molar-refractivity contribution is 0.410. The van der Waals surface area contributed by atoms with E-state index in [0.29, 0.717) is 6.54 Å². The van der Waals surface area contributed by atoms with E-state index in [-0.39, 0.29) is 0 Å². The standard InChI is InChI=1S/C16H17N3O2/c1-20-12-7-8-13-14(9-12)19-16(18-13)17-10-11-5-3-4-6-15(11)21-2/h3-9H,10H2,1-2H3,(H2,17,18,19). The number of para-hydroxylation sites is 1. The highest BCUT2D eigenvalue weighted by Gasteiger charge is 2.05. The first-order valence-corrected chi connectivity index (χ1v) is 6.69. The quantitative estimate of drug-likeness (QED) is 0.755. The number of aromatic amines is 1. The second-order valence-electron chi connectivity index (χ2n) is 4.63. The topological polar surface area (TPSA) is 59.2 Å². The Hall–Kier alpha value is -2.69. The number of ether oxygens (including phenoxy) is 2. The van der Waals surface area contributed by atoms with Crippen LogP contribution in [0.5, 0.6) is 11.5 Å². The normalized spacial score (nSPS) is 10.6. The van der Waals surface area contributed by atoms with Crippen molar-refractivity contribution in [1.82, 2.24) is 9.97 Å². The molecule has 5 heteroatoms. The van der Waals surface area contributed by atoms with E-state index in [9.17, 15) is 0 Å². The predicted octanol–water partition coefficient (Wildman–Crippen LogP) is 3.19. The SMILES string of the molecule is COc1ccc2nc(NCc3ccccc3OC)[nH]c2c1. The van der Waals surface area contributed by atoms with Gasteiger partial charge >= 0.3 is 0 Å². The average Bonchev–Trinajstić information content (AvgIpc) is 2.94. The zero-order valence-corrected chi connectivity index (χ0v) is 12.0. The van der Waals surface area contributed by atoms with Crippen LogP contribution in [0.1, 0.15) is 5.56 Å². The van der Waals surface area contributed by atoms with Gasteiger partial charge in [-0.15, -0.1) is 0 Å². The Kier molecular flexibility index (Phi) is 3.64. The Morgan fingerprint density at radius 1 is 1.10 bits per heavy atom. The van der Waals surface area contributed by atoms with Crippen LogP contribution in [0.3, 0.4) is 0 Å². The molecule has 0 radical (unpaired) electrons. The van der Waals surface area contributed by atoms with Crippen molar-refractivity contribution in [2.75, 3.05) is 19.5 Å². The van der Waals surface area contributed by atoms with Gasteiger partial charge in [0.1, 0.15) is 11.5 Å². The second-order valence-corrected chi connectivity index (χ2v) is 4.63. The van der Waals surface area contributed by atoms with Gasteiger partial charge in [0.05, 0.1) is 25.3 Å². The fourth-order valence-electron chi connectivity index (χ4n) is 2.23. The number of hydrogen-bond donors (Lipinski definition) is 2. The Morgan fingerprint density at radius 3 is 2.76 bits per heavy atom. The van der Waals surface area contributed by atoms with Crippen LogP contribution in [0, 0.1) is 0 Å². The molecule has 5 nitrogen and oxygen atoms in total. The lowest BCUT2D eigenvalue weighted by Crippen LogP contribution is -2.02. The van der Waals surface area contributed by atoms with Crippen LogP contribution >= 0.6 is 0 Å². The fraction of sp³-hybridized carbons (Fsp3) is 0.188. The number of hydrogen-bond acceptors (Lipinski definition) is 4. The summed E-state index contributed by atoms with van der Waals surface area (Å²) in [6, 6.07) is 13.7. The molecular weight excluding hydrogens is 266 g/mol. The summed E-state index contributed by atoms with van der Waals surface area (Å²) in [6.45, 7) is 0.640. The second kappa shape index (κ2) is 5.75. The Morgan fingerprint density at radius 2 is 1.95 bits per heavy atom. The number of H-pyrrole nitrogens is 1. The minimum Gasteiger partial charge on any atom is -0.497 e. The van der Waals surface area contributed by atoms with Crippen LogP contribution in [0.15, 0.2) is 42.5 Å². The molecule has 1 heterocycles. The van der Waals surface area contributed by atoms with E-state index in [1.165, 1.54) is 0 Å². The van der Waals surface area contributed by atoms with Gasteiger partial charge in [0.25, 0.3) is 0 Å². The molecule has 0 saturated carbocycles. The largest absolute Gasteiger partial charge is 0.497 e. The first-order valence-electron chi connectivity index (χ1n) is 6.69. The fourth-order valence-corrected chi connectivity index (χ4v) is 2.23. The molecular formula is C16H17N3O2. The van der Waals surface area contributed by atoms with Gasteiger partial charge in [-0.2, -0.15) is 0 Å². The predicted molar refractivity (Wildman–Crippen MR) is 83.0 cm³/mol. The molecule has 3 aromatic rings. The van der Waals surface area contributed by atoms with Crippen molar-refractivity contribution in [2.24, 2.45) is 0 Å². The van der Waals surface area contributed by atoms with Crippen molar-refractivity contribution in [3.8, 4) is 11.5 Å². The Labute approximate surface area is 122 Å². The molecule has 0 aliphatic rings. The number of nitrogens with zero attached hydrogens (tertiary/aromatic N) is 1. The number of anilines is 1. The molecule has 3 rings (SSSR count). The van der Waals surface area contributed by atoms with E-state index in [0.717, 1.165) is 34.0 Å². The van der Waals surface area contributed by atoms with Gasteiger partial charge in [-0.3, -0.25) is 0 Å². The maximum absolute atomic E-state index is 5.34. The van der Waals surface area contributed by atoms with Gasteiger partial charge in [-0.25, -0.2) is 4.98 Å². The minimum atomic E-state index is 0.640. The van der Waals surface area contributed by atoms with Gasteiger partial charge in [-0.1, -0.05) is 18.2 Å². The number of benzene rings is 2. The number of imidazole rings is 1. The lowest BCUT2D eigenvalue weighted by atomic mass is 10.2. The van der Waals surface area contributed by atoms with Crippen molar-refractivity contribution in [1.29, 1.82) is 0 Å². The molecule has 0 spiro atoms. The van der Waals surface area contributed by atoms with Crippen LogP contribution in [-0.2, 0) is 6.54 Å². The summed E-state index contributed by atoms with van der Waals surface area (Å²) in [5.41, 5.74) is 2.92. The third kappa shape index (κ3) is 2.76. The van der Waals surface area contributed by atoms with Crippen molar-refractivity contribution in [3.63, 3.8) is 0 Å². The Bertz CT molecular complexity index is 752. The van der Waals surface area contributed by atoms with E-state index in [1.54, 1.807) is 14.2 Å². The summed E-state index contributed by atoms with van der Waals surface area (Å²) in [7, 11) is 3.32. The molecule has 2 N–H and O–H groups in total. The number of fused-ring (bicyclic) bond motifs is 1. The molecule has 21 heavy (non-hydrogen) atoms. The van der Waals surface area contributed by atoms with Crippen LogP contribution in [0.4, 0.5) is 5.95 Å². The van der Waals surface area contributed by atoms with Crippen molar-refractivity contribution in [2.45, 2.75) is 6.54 Å². The average molecular weight is 283 g/mol. The van der Waals surface area contributed by atoms with Gasteiger partial charge in [0.2, 0.25) is 5.95 Å². The minimum absolute atomic E-state index is 0.640. The van der Waals surface area contributed by atoms with E-state index < -0.39 is 0 Å². The highest BCUT2D eigenvalue weighted by Crippen LogP contribution is 2.22. The van der Waals surface area contributed by atoms with Gasteiger partial charge < -0.3 is 19.8 Å².